The van der Waals surface area contributed by atoms with Gasteiger partial charge >= 0.3 is 0 Å². The first-order valence-corrected chi connectivity index (χ1v) is 19.5. The van der Waals surface area contributed by atoms with Crippen molar-refractivity contribution < 1.29 is 4.42 Å². The van der Waals surface area contributed by atoms with E-state index < -0.39 is 0 Å². The van der Waals surface area contributed by atoms with E-state index in [1.807, 2.05) is 17.4 Å². The lowest BCUT2D eigenvalue weighted by molar-refractivity contribution is 0.669. The van der Waals surface area contributed by atoms with E-state index >= 15 is 0 Å². The average molecular weight is 720 g/mol. The molecule has 9 aromatic carbocycles. The van der Waals surface area contributed by atoms with Crippen LogP contribution < -0.4 is 4.90 Å². The molecule has 0 amide bonds. The van der Waals surface area contributed by atoms with Gasteiger partial charge in [0.25, 0.3) is 0 Å². The Balaban J connectivity index is 1.11. The lowest BCUT2D eigenvalue weighted by Crippen LogP contribution is -2.10. The molecule has 0 atom stereocenters. The second-order valence-electron chi connectivity index (χ2n) is 14.1. The number of hydrogen-bond acceptors (Lipinski definition) is 3. The Morgan fingerprint density at radius 3 is 1.84 bits per heavy atom. The van der Waals surface area contributed by atoms with E-state index in [1.54, 1.807) is 0 Å². The van der Waals surface area contributed by atoms with Crippen LogP contribution in [0.25, 0.3) is 86.3 Å². The van der Waals surface area contributed by atoms with Gasteiger partial charge in [0, 0.05) is 42.3 Å². The predicted molar refractivity (Wildman–Crippen MR) is 235 cm³/mol. The fourth-order valence-corrected chi connectivity index (χ4v) is 9.40. The minimum Gasteiger partial charge on any atom is -0.454 e. The third-order valence-corrected chi connectivity index (χ3v) is 12.0. The van der Waals surface area contributed by atoms with E-state index in [0.29, 0.717) is 0 Å². The molecule has 0 unspecified atom stereocenters. The fourth-order valence-electron chi connectivity index (χ4n) is 8.26. The monoisotopic (exact) mass is 719 g/mol. The summed E-state index contributed by atoms with van der Waals surface area (Å²) in [6, 6.07) is 72.1. The maximum atomic E-state index is 6.85. The molecule has 0 fully saturated rings. The molecule has 0 aliphatic heterocycles. The van der Waals surface area contributed by atoms with Crippen molar-refractivity contribution in [2.24, 2.45) is 0 Å². The van der Waals surface area contributed by atoms with Crippen molar-refractivity contribution in [2.75, 3.05) is 4.90 Å². The highest BCUT2D eigenvalue weighted by Gasteiger charge is 2.23. The van der Waals surface area contributed by atoms with Gasteiger partial charge in [0.15, 0.2) is 5.58 Å². The number of hydrogen-bond donors (Lipinski definition) is 0. The molecule has 0 saturated carbocycles. The van der Waals surface area contributed by atoms with Crippen LogP contribution in [0.1, 0.15) is 0 Å². The van der Waals surface area contributed by atoms with E-state index in [9.17, 15) is 0 Å². The third-order valence-electron chi connectivity index (χ3n) is 10.9. The van der Waals surface area contributed by atoms with Crippen LogP contribution >= 0.6 is 11.3 Å². The molecule has 0 saturated heterocycles. The minimum absolute atomic E-state index is 0.862. The van der Waals surface area contributed by atoms with Gasteiger partial charge in [-0.3, -0.25) is 0 Å². The number of rotatable bonds is 6. The molecule has 0 bridgehead atoms. The van der Waals surface area contributed by atoms with Gasteiger partial charge in [-0.05, 0) is 98.8 Å². The van der Waals surface area contributed by atoms with Crippen LogP contribution in [0.2, 0.25) is 0 Å². The number of thiophene rings is 1. The summed E-state index contributed by atoms with van der Waals surface area (Å²) >= 11 is 1.86. The lowest BCUT2D eigenvalue weighted by atomic mass is 9.97. The van der Waals surface area contributed by atoms with Gasteiger partial charge in [0.1, 0.15) is 5.58 Å². The van der Waals surface area contributed by atoms with E-state index in [-0.39, 0.29) is 0 Å². The number of nitrogens with zero attached hydrogens (tertiary/aromatic N) is 1. The second-order valence-corrected chi connectivity index (χ2v) is 15.2. The van der Waals surface area contributed by atoms with Gasteiger partial charge in [0.05, 0.1) is 5.69 Å². The van der Waals surface area contributed by atoms with Crippen molar-refractivity contribution in [3.63, 3.8) is 0 Å². The first-order valence-electron chi connectivity index (χ1n) is 18.7. The molecule has 2 nitrogen and oxygen atoms in total. The highest BCUT2D eigenvalue weighted by atomic mass is 32.1. The molecule has 2 aromatic heterocycles. The maximum Gasteiger partial charge on any atom is 0.160 e. The predicted octanol–water partition coefficient (Wildman–Crippen LogP) is 15.6. The fraction of sp³-hybridized carbons (Fsp3) is 0. The largest absolute Gasteiger partial charge is 0.454 e. The summed E-state index contributed by atoms with van der Waals surface area (Å²) < 4.78 is 9.48. The Hall–Kier alpha value is -6.94. The Bertz CT molecular complexity index is 3190. The maximum absolute atomic E-state index is 6.85. The number of benzene rings is 9. The van der Waals surface area contributed by atoms with Crippen LogP contribution in [0.5, 0.6) is 0 Å². The molecule has 11 aromatic rings. The summed E-state index contributed by atoms with van der Waals surface area (Å²) in [5, 5.41) is 7.22. The van der Waals surface area contributed by atoms with Crippen LogP contribution in [0.3, 0.4) is 0 Å². The number of furan rings is 1. The third kappa shape index (κ3) is 5.32. The highest BCUT2D eigenvalue weighted by molar-refractivity contribution is 7.25. The zero-order valence-corrected chi connectivity index (χ0v) is 30.6. The van der Waals surface area contributed by atoms with E-state index in [1.165, 1.54) is 53.2 Å². The van der Waals surface area contributed by atoms with Crippen molar-refractivity contribution in [2.45, 2.75) is 0 Å². The van der Waals surface area contributed by atoms with Crippen LogP contribution in [0.4, 0.5) is 17.1 Å². The second kappa shape index (κ2) is 12.9. The van der Waals surface area contributed by atoms with Gasteiger partial charge < -0.3 is 9.32 Å². The summed E-state index contributed by atoms with van der Waals surface area (Å²) in [7, 11) is 0. The standard InChI is InChI=1S/C52H33NOS/c1-3-12-34(13-4-1)37-22-23-39-33-41(29-26-38(39)32-37)53(40-27-24-36(25-28-40)42-18-11-21-49-50(42)45-17-8-10-20-48(45)55-49)46-31-30-43(35-14-5-2-6-15-35)51-44-16-7-9-19-47(44)54-52(46)51/h1-33H. The van der Waals surface area contributed by atoms with Gasteiger partial charge in [-0.15, -0.1) is 11.3 Å². The normalized spacial score (nSPS) is 11.6. The molecule has 11 rings (SSSR count). The summed E-state index contributed by atoms with van der Waals surface area (Å²) in [5.41, 5.74) is 12.0. The molecular formula is C52H33NOS. The minimum atomic E-state index is 0.862. The van der Waals surface area contributed by atoms with Crippen LogP contribution in [-0.2, 0) is 0 Å². The lowest BCUT2D eigenvalue weighted by Gasteiger charge is -2.26. The van der Waals surface area contributed by atoms with E-state index in [0.717, 1.165) is 50.1 Å². The molecule has 2 heterocycles. The van der Waals surface area contributed by atoms with Crippen LogP contribution in [0, 0.1) is 0 Å². The summed E-state index contributed by atoms with van der Waals surface area (Å²) in [4.78, 5) is 2.36. The quantitative estimate of drug-likeness (QED) is 0.170. The Morgan fingerprint density at radius 1 is 0.382 bits per heavy atom. The molecule has 0 radical (unpaired) electrons. The van der Waals surface area contributed by atoms with Crippen LogP contribution in [-0.4, -0.2) is 0 Å². The van der Waals surface area contributed by atoms with E-state index in [4.69, 9.17) is 4.42 Å². The SMILES string of the molecule is c1ccc(-c2ccc3cc(N(c4ccc(-c5cccc6sc7ccccc7c56)cc4)c4ccc(-c5ccccc5)c5c4oc4ccccc45)ccc3c2)cc1. The molecule has 3 heteroatoms. The summed E-state index contributed by atoms with van der Waals surface area (Å²) in [5.74, 6) is 0. The molecule has 258 valence electrons. The van der Waals surface area contributed by atoms with Gasteiger partial charge in [-0.1, -0.05) is 146 Å². The van der Waals surface area contributed by atoms with Crippen molar-refractivity contribution in [3.05, 3.63) is 200 Å². The van der Waals surface area contributed by atoms with Gasteiger partial charge in [-0.2, -0.15) is 0 Å². The highest BCUT2D eigenvalue weighted by Crippen LogP contribution is 2.47. The van der Waals surface area contributed by atoms with Crippen molar-refractivity contribution in [1.29, 1.82) is 0 Å². The topological polar surface area (TPSA) is 16.4 Å². The molecule has 0 N–H and O–H groups in total. The molecule has 0 spiro atoms. The summed E-state index contributed by atoms with van der Waals surface area (Å²) in [6.45, 7) is 0. The molecular weight excluding hydrogens is 687 g/mol. The first kappa shape index (κ1) is 31.6. The summed E-state index contributed by atoms with van der Waals surface area (Å²) in [6.07, 6.45) is 0. The van der Waals surface area contributed by atoms with Crippen LogP contribution in [0.15, 0.2) is 205 Å². The number of fused-ring (bicyclic) bond motifs is 7. The average Bonchev–Trinajstić information content (AvgIpc) is 3.84. The smallest absolute Gasteiger partial charge is 0.160 e. The molecule has 55 heavy (non-hydrogen) atoms. The number of para-hydroxylation sites is 1. The zero-order chi connectivity index (χ0) is 36.3. The zero-order valence-electron chi connectivity index (χ0n) is 29.8. The van der Waals surface area contributed by atoms with E-state index in [2.05, 4.69) is 199 Å². The molecule has 0 aliphatic rings. The van der Waals surface area contributed by atoms with Crippen molar-refractivity contribution >= 4 is 81.3 Å². The van der Waals surface area contributed by atoms with Gasteiger partial charge in [-0.25, -0.2) is 0 Å². The van der Waals surface area contributed by atoms with Gasteiger partial charge in [0.2, 0.25) is 0 Å². The Morgan fingerprint density at radius 2 is 1.00 bits per heavy atom. The molecule has 0 aliphatic carbocycles. The Kier molecular flexibility index (Phi) is 7.39. The van der Waals surface area contributed by atoms with Crippen molar-refractivity contribution in [1.82, 2.24) is 0 Å². The van der Waals surface area contributed by atoms with Crippen molar-refractivity contribution in [3.8, 4) is 33.4 Å². The number of anilines is 3. The Labute approximate surface area is 322 Å². The first-order chi connectivity index (χ1) is 27.3.